The molecular formula is C19H27N3O2S2. The summed E-state index contributed by atoms with van der Waals surface area (Å²) in [5.74, 6) is 0.147. The Balaban J connectivity index is 1.41. The van der Waals surface area contributed by atoms with Gasteiger partial charge < -0.3 is 0 Å². The van der Waals surface area contributed by atoms with E-state index in [-0.39, 0.29) is 5.75 Å². The zero-order chi connectivity index (χ0) is 18.2. The van der Waals surface area contributed by atoms with E-state index >= 15 is 0 Å². The molecule has 2 aromatic rings. The second-order valence-corrected chi connectivity index (χ2v) is 9.67. The molecule has 0 unspecified atom stereocenters. The summed E-state index contributed by atoms with van der Waals surface area (Å²) in [7, 11) is -3.26. The van der Waals surface area contributed by atoms with Crippen LogP contribution in [0.3, 0.4) is 0 Å². The van der Waals surface area contributed by atoms with Gasteiger partial charge in [0.15, 0.2) is 0 Å². The summed E-state index contributed by atoms with van der Waals surface area (Å²) in [6.45, 7) is 3.44. The minimum atomic E-state index is -3.26. The van der Waals surface area contributed by atoms with Gasteiger partial charge in [-0.15, -0.1) is 11.3 Å². The number of piperidine rings is 1. The van der Waals surface area contributed by atoms with E-state index in [1.807, 2.05) is 35.7 Å². The van der Waals surface area contributed by atoms with Gasteiger partial charge in [0.2, 0.25) is 10.0 Å². The number of aromatic nitrogens is 1. The van der Waals surface area contributed by atoms with Crippen molar-refractivity contribution < 1.29 is 8.42 Å². The van der Waals surface area contributed by atoms with Gasteiger partial charge in [-0.1, -0.05) is 36.8 Å². The molecule has 1 aliphatic heterocycles. The van der Waals surface area contributed by atoms with Crippen molar-refractivity contribution in [2.75, 3.05) is 18.8 Å². The van der Waals surface area contributed by atoms with Gasteiger partial charge in [-0.3, -0.25) is 4.90 Å². The van der Waals surface area contributed by atoms with Crippen LogP contribution in [0.2, 0.25) is 0 Å². The van der Waals surface area contributed by atoms with Gasteiger partial charge in [0.25, 0.3) is 0 Å². The van der Waals surface area contributed by atoms with E-state index in [4.69, 9.17) is 0 Å². The molecule has 2 heterocycles. The summed E-state index contributed by atoms with van der Waals surface area (Å²) in [5.41, 5.74) is 2.22. The molecule has 0 saturated carbocycles. The van der Waals surface area contributed by atoms with Crippen molar-refractivity contribution >= 4 is 21.4 Å². The quantitative estimate of drug-likeness (QED) is 0.711. The highest BCUT2D eigenvalue weighted by Crippen LogP contribution is 2.15. The Morgan fingerprint density at radius 1 is 1.12 bits per heavy atom. The third-order valence-corrected chi connectivity index (χ3v) is 6.91. The molecule has 0 atom stereocenters. The van der Waals surface area contributed by atoms with Gasteiger partial charge in [0.1, 0.15) is 5.01 Å². The normalized spacial score (nSPS) is 16.0. The highest BCUT2D eigenvalue weighted by atomic mass is 32.2. The van der Waals surface area contributed by atoms with Crippen LogP contribution in [0, 0.1) is 0 Å². The predicted octanol–water partition coefficient (Wildman–Crippen LogP) is 3.18. The average Bonchev–Trinajstić information content (AvgIpc) is 3.09. The molecule has 1 aliphatic rings. The van der Waals surface area contributed by atoms with E-state index in [9.17, 15) is 8.42 Å². The molecule has 3 rings (SSSR count). The monoisotopic (exact) mass is 393 g/mol. The number of benzene rings is 1. The number of rotatable bonds is 9. The van der Waals surface area contributed by atoms with Gasteiger partial charge in [-0.2, -0.15) is 0 Å². The highest BCUT2D eigenvalue weighted by Gasteiger charge is 2.14. The molecule has 0 amide bonds. The first-order valence-electron chi connectivity index (χ1n) is 9.28. The number of hydrogen-bond acceptors (Lipinski definition) is 5. The fourth-order valence-electron chi connectivity index (χ4n) is 3.20. The molecule has 0 spiro atoms. The first-order valence-corrected chi connectivity index (χ1v) is 11.8. The number of sulfonamides is 1. The summed E-state index contributed by atoms with van der Waals surface area (Å²) in [6, 6.07) is 9.98. The fourth-order valence-corrected chi connectivity index (χ4v) is 5.05. The molecular weight excluding hydrogens is 366 g/mol. The zero-order valence-electron chi connectivity index (χ0n) is 15.1. The largest absolute Gasteiger partial charge is 0.297 e. The molecule has 1 fully saturated rings. The van der Waals surface area contributed by atoms with Crippen LogP contribution in [0.4, 0.5) is 0 Å². The second-order valence-electron chi connectivity index (χ2n) is 6.80. The number of likely N-dealkylation sites (tertiary alicyclic amines) is 1. The number of nitrogens with zero attached hydrogens (tertiary/aromatic N) is 2. The van der Waals surface area contributed by atoms with E-state index in [0.717, 1.165) is 36.8 Å². The van der Waals surface area contributed by atoms with Crippen molar-refractivity contribution in [3.8, 4) is 0 Å². The van der Waals surface area contributed by atoms with Gasteiger partial charge in [0.05, 0.1) is 18.0 Å². The molecule has 1 aromatic heterocycles. The van der Waals surface area contributed by atoms with Crippen molar-refractivity contribution in [2.45, 2.75) is 45.2 Å². The first-order chi connectivity index (χ1) is 12.6. The summed E-state index contributed by atoms with van der Waals surface area (Å²) < 4.78 is 27.0. The minimum absolute atomic E-state index is 0.147. The highest BCUT2D eigenvalue weighted by molar-refractivity contribution is 7.89. The molecule has 26 heavy (non-hydrogen) atoms. The zero-order valence-corrected chi connectivity index (χ0v) is 16.7. The van der Waals surface area contributed by atoms with Crippen LogP contribution in [-0.4, -0.2) is 37.1 Å². The maximum absolute atomic E-state index is 12.2. The lowest BCUT2D eigenvalue weighted by molar-refractivity contribution is 0.219. The lowest BCUT2D eigenvalue weighted by atomic mass is 10.1. The molecule has 1 saturated heterocycles. The van der Waals surface area contributed by atoms with Crippen molar-refractivity contribution in [1.29, 1.82) is 0 Å². The lowest BCUT2D eigenvalue weighted by Crippen LogP contribution is -2.29. The predicted molar refractivity (Wildman–Crippen MR) is 107 cm³/mol. The molecule has 142 valence electrons. The Labute approximate surface area is 160 Å². The standard InChI is InChI=1S/C19H27N3O2S2/c23-26(24,13-7-10-17-8-3-1-4-9-17)20-14-19-21-18(16-25-19)15-22-11-5-2-6-12-22/h1,3-4,8-9,16,20H,2,5-7,10-15H2. The number of thiazole rings is 1. The van der Waals surface area contributed by atoms with Crippen LogP contribution in [0.15, 0.2) is 35.7 Å². The van der Waals surface area contributed by atoms with Crippen LogP contribution in [0.5, 0.6) is 0 Å². The smallest absolute Gasteiger partial charge is 0.211 e. The van der Waals surface area contributed by atoms with Crippen LogP contribution >= 0.6 is 11.3 Å². The third-order valence-electron chi connectivity index (χ3n) is 4.60. The summed E-state index contributed by atoms with van der Waals surface area (Å²) in [6.07, 6.45) is 5.25. The summed E-state index contributed by atoms with van der Waals surface area (Å²) in [5, 5.41) is 2.89. The van der Waals surface area contributed by atoms with Gasteiger partial charge in [-0.25, -0.2) is 18.1 Å². The Bertz CT molecular complexity index is 769. The van der Waals surface area contributed by atoms with Crippen LogP contribution in [-0.2, 0) is 29.5 Å². The molecule has 0 radical (unpaired) electrons. The van der Waals surface area contributed by atoms with Gasteiger partial charge in [-0.05, 0) is 44.3 Å². The topological polar surface area (TPSA) is 62.3 Å². The van der Waals surface area contributed by atoms with E-state index in [1.54, 1.807) is 0 Å². The second kappa shape index (κ2) is 9.60. The van der Waals surface area contributed by atoms with Gasteiger partial charge >= 0.3 is 0 Å². The van der Waals surface area contributed by atoms with E-state index in [1.165, 1.54) is 36.2 Å². The van der Waals surface area contributed by atoms with E-state index in [2.05, 4.69) is 14.6 Å². The SMILES string of the molecule is O=S(=O)(CCCc1ccccc1)NCc1nc(CN2CCCCC2)cs1. The van der Waals surface area contributed by atoms with Crippen molar-refractivity contribution in [3.63, 3.8) is 0 Å². The molecule has 0 bridgehead atoms. The Morgan fingerprint density at radius 3 is 2.65 bits per heavy atom. The van der Waals surface area contributed by atoms with Crippen LogP contribution in [0.1, 0.15) is 41.9 Å². The first kappa shape index (κ1) is 19.5. The van der Waals surface area contributed by atoms with Crippen LogP contribution < -0.4 is 4.72 Å². The molecule has 7 heteroatoms. The van der Waals surface area contributed by atoms with E-state index in [0.29, 0.717) is 13.0 Å². The van der Waals surface area contributed by atoms with Crippen molar-refractivity contribution in [3.05, 3.63) is 52.0 Å². The summed E-state index contributed by atoms with van der Waals surface area (Å²) in [4.78, 5) is 7.01. The third kappa shape index (κ3) is 6.46. The van der Waals surface area contributed by atoms with Crippen molar-refractivity contribution in [1.82, 2.24) is 14.6 Å². The summed E-state index contributed by atoms with van der Waals surface area (Å²) >= 11 is 1.53. The maximum atomic E-state index is 12.2. The number of hydrogen-bond donors (Lipinski definition) is 1. The van der Waals surface area contributed by atoms with Gasteiger partial charge in [0, 0.05) is 11.9 Å². The molecule has 0 aliphatic carbocycles. The Morgan fingerprint density at radius 2 is 1.88 bits per heavy atom. The Hall–Kier alpha value is -1.28. The molecule has 5 nitrogen and oxygen atoms in total. The van der Waals surface area contributed by atoms with E-state index < -0.39 is 10.0 Å². The minimum Gasteiger partial charge on any atom is -0.297 e. The lowest BCUT2D eigenvalue weighted by Gasteiger charge is -2.25. The number of aryl methyl sites for hydroxylation is 1. The Kier molecular flexibility index (Phi) is 7.19. The maximum Gasteiger partial charge on any atom is 0.211 e. The molecule has 1 N–H and O–H groups in total. The molecule has 1 aromatic carbocycles. The van der Waals surface area contributed by atoms with Crippen molar-refractivity contribution in [2.24, 2.45) is 0 Å². The van der Waals surface area contributed by atoms with Crippen LogP contribution in [0.25, 0.3) is 0 Å². The average molecular weight is 394 g/mol. The fraction of sp³-hybridized carbons (Fsp3) is 0.526. The number of nitrogens with one attached hydrogen (secondary N) is 1.